The molecule has 0 saturated heterocycles. The molecule has 2 heterocycles. The number of hydrogen-bond acceptors (Lipinski definition) is 4. The molecule has 0 saturated carbocycles. The van der Waals surface area contributed by atoms with E-state index in [1.54, 1.807) is 12.1 Å². The van der Waals surface area contributed by atoms with Crippen molar-refractivity contribution in [3.05, 3.63) is 62.3 Å². The molecule has 1 aromatic heterocycles. The highest BCUT2D eigenvalue weighted by Gasteiger charge is 2.49. The zero-order valence-electron chi connectivity index (χ0n) is 16.9. The van der Waals surface area contributed by atoms with E-state index in [0.29, 0.717) is 16.0 Å². The number of rotatable bonds is 5. The summed E-state index contributed by atoms with van der Waals surface area (Å²) < 4.78 is 47.2. The van der Waals surface area contributed by atoms with Crippen LogP contribution < -0.4 is 10.0 Å². The molecule has 1 aliphatic rings. The first-order valence-electron chi connectivity index (χ1n) is 9.45. The molecule has 5 nitrogen and oxygen atoms in total. The Hall–Kier alpha value is -1.43. The van der Waals surface area contributed by atoms with Gasteiger partial charge in [0.25, 0.3) is 5.91 Å². The van der Waals surface area contributed by atoms with Crippen molar-refractivity contribution in [2.75, 3.05) is 21.5 Å². The third-order valence-electron chi connectivity index (χ3n) is 4.56. The van der Waals surface area contributed by atoms with Crippen molar-refractivity contribution in [2.45, 2.75) is 26.1 Å². The fraction of sp³-hybridized carbons (Fsp3) is 0.300. The number of amides is 1. The second kappa shape index (κ2) is 10.2. The summed E-state index contributed by atoms with van der Waals surface area (Å²) in [5.41, 5.74) is 0.0485. The van der Waals surface area contributed by atoms with E-state index < -0.39 is 28.8 Å². The van der Waals surface area contributed by atoms with Crippen LogP contribution in [0.2, 0.25) is 5.02 Å². The van der Waals surface area contributed by atoms with Gasteiger partial charge in [-0.2, -0.15) is 17.5 Å². The lowest BCUT2D eigenvalue weighted by atomic mass is 10.1. The lowest BCUT2D eigenvalue weighted by Gasteiger charge is -2.37. The van der Waals surface area contributed by atoms with Crippen molar-refractivity contribution in [3.8, 4) is 0 Å². The molecule has 1 aromatic carbocycles. The maximum absolute atomic E-state index is 14.0. The van der Waals surface area contributed by atoms with Gasteiger partial charge in [0.2, 0.25) is 0 Å². The summed E-state index contributed by atoms with van der Waals surface area (Å²) in [5, 5.41) is 2.32. The molecule has 0 aliphatic carbocycles. The van der Waals surface area contributed by atoms with Crippen molar-refractivity contribution >= 4 is 71.6 Å². The molecule has 1 aliphatic heterocycles. The predicted octanol–water partition coefficient (Wildman–Crippen LogP) is 6.93. The smallest absolute Gasteiger partial charge is 0.266 e. The van der Waals surface area contributed by atoms with Gasteiger partial charge in [0, 0.05) is 32.8 Å². The molecule has 1 atom stereocenters. The first-order chi connectivity index (χ1) is 15.1. The van der Waals surface area contributed by atoms with Crippen LogP contribution in [-0.2, 0) is 10.7 Å². The molecule has 1 unspecified atom stereocenters. The largest absolute Gasteiger partial charge is 0.414 e. The minimum absolute atomic E-state index is 0.0201. The highest BCUT2D eigenvalue weighted by atomic mass is 79.9. The minimum Gasteiger partial charge on any atom is -0.266 e. The number of anilines is 2. The van der Waals surface area contributed by atoms with E-state index in [1.807, 2.05) is 13.8 Å². The van der Waals surface area contributed by atoms with Gasteiger partial charge in [-0.3, -0.25) is 9.80 Å². The second-order valence-corrected chi connectivity index (χ2v) is 11.0. The lowest BCUT2D eigenvalue weighted by Crippen LogP contribution is -2.49. The Bertz CT molecular complexity index is 1090. The second-order valence-electron chi connectivity index (χ2n) is 6.55. The van der Waals surface area contributed by atoms with E-state index >= 15 is 0 Å². The molecule has 0 N–H and O–H groups in total. The number of hydrazine groups is 1. The van der Waals surface area contributed by atoms with Gasteiger partial charge in [-0.05, 0) is 46.3 Å². The maximum atomic E-state index is 14.0. The number of benzene rings is 1. The Kier molecular flexibility index (Phi) is 8.06. The molecule has 0 radical (unpaired) electrons. The molecule has 0 fully saturated rings. The molecular formula is C20H18Br2ClF3N4OS. The van der Waals surface area contributed by atoms with Crippen LogP contribution in [-0.4, -0.2) is 34.6 Å². The summed E-state index contributed by atoms with van der Waals surface area (Å²) in [7, 11) is -0.525. The monoisotopic (exact) mass is 612 g/mol. The number of hydrogen-bond donors (Lipinski definition) is 0. The van der Waals surface area contributed by atoms with Crippen molar-refractivity contribution < 1.29 is 18.0 Å². The Morgan fingerprint density at radius 3 is 2.56 bits per heavy atom. The van der Waals surface area contributed by atoms with Crippen LogP contribution in [0.15, 0.2) is 56.0 Å². The van der Waals surface area contributed by atoms with Gasteiger partial charge in [0.15, 0.2) is 11.9 Å². The SMILES string of the molecule is CCS(CC)=NC(=O)c1cc(Br)cc(Br)c1N1C(C(F)(F)F)C=CN1c1ncccc1Cl. The van der Waals surface area contributed by atoms with E-state index in [4.69, 9.17) is 11.6 Å². The van der Waals surface area contributed by atoms with E-state index in [0.717, 1.165) is 11.1 Å². The zero-order valence-corrected chi connectivity index (χ0v) is 21.7. The van der Waals surface area contributed by atoms with Crippen molar-refractivity contribution in [1.29, 1.82) is 0 Å². The van der Waals surface area contributed by atoms with Crippen LogP contribution in [0.1, 0.15) is 24.2 Å². The Morgan fingerprint density at radius 1 is 1.28 bits per heavy atom. The molecular weight excluding hydrogens is 597 g/mol. The number of alkyl halides is 3. The van der Waals surface area contributed by atoms with Gasteiger partial charge >= 0.3 is 6.18 Å². The third-order valence-corrected chi connectivity index (χ3v) is 7.68. The number of nitrogens with zero attached hydrogens (tertiary/aromatic N) is 4. The molecule has 12 heteroatoms. The van der Waals surface area contributed by atoms with Crippen molar-refractivity contribution in [1.82, 2.24) is 4.98 Å². The summed E-state index contributed by atoms with van der Waals surface area (Å²) in [4.78, 5) is 17.3. The Balaban J connectivity index is 2.25. The van der Waals surface area contributed by atoms with E-state index in [9.17, 15) is 18.0 Å². The normalized spacial score (nSPS) is 16.2. The molecule has 1 amide bonds. The minimum atomic E-state index is -4.63. The molecule has 2 aromatic rings. The van der Waals surface area contributed by atoms with Crippen LogP contribution in [0.4, 0.5) is 24.7 Å². The van der Waals surface area contributed by atoms with Crippen LogP contribution in [0.25, 0.3) is 0 Å². The van der Waals surface area contributed by atoms with Crippen LogP contribution in [0, 0.1) is 0 Å². The Morgan fingerprint density at radius 2 is 1.97 bits per heavy atom. The van der Waals surface area contributed by atoms with Gasteiger partial charge in [0.05, 0.1) is 16.3 Å². The highest BCUT2D eigenvalue weighted by Crippen LogP contribution is 2.43. The molecule has 0 spiro atoms. The van der Waals surface area contributed by atoms with Crippen molar-refractivity contribution in [2.24, 2.45) is 4.36 Å². The molecule has 3 rings (SSSR count). The number of aromatic nitrogens is 1. The summed E-state index contributed by atoms with van der Waals surface area (Å²) in [5.74, 6) is 0.843. The quantitative estimate of drug-likeness (QED) is 0.367. The molecule has 0 bridgehead atoms. The third kappa shape index (κ3) is 5.21. The van der Waals surface area contributed by atoms with Crippen molar-refractivity contribution in [3.63, 3.8) is 0 Å². The van der Waals surface area contributed by atoms with Crippen LogP contribution >= 0.6 is 43.5 Å². The number of halogens is 6. The van der Waals surface area contributed by atoms with Gasteiger partial charge in [-0.1, -0.05) is 52.1 Å². The van der Waals surface area contributed by atoms with Gasteiger partial charge in [-0.15, -0.1) is 0 Å². The van der Waals surface area contributed by atoms with Crippen LogP contribution in [0.5, 0.6) is 0 Å². The van der Waals surface area contributed by atoms with Gasteiger partial charge < -0.3 is 0 Å². The molecule has 32 heavy (non-hydrogen) atoms. The zero-order chi connectivity index (χ0) is 23.6. The molecule has 172 valence electrons. The highest BCUT2D eigenvalue weighted by molar-refractivity contribution is 9.11. The summed E-state index contributed by atoms with van der Waals surface area (Å²) in [6.45, 7) is 3.83. The average Bonchev–Trinajstić information content (AvgIpc) is 3.16. The first kappa shape index (κ1) is 25.2. The van der Waals surface area contributed by atoms with Crippen LogP contribution in [0.3, 0.4) is 0 Å². The van der Waals surface area contributed by atoms with Gasteiger partial charge in [-0.25, -0.2) is 9.99 Å². The Labute approximate surface area is 208 Å². The summed E-state index contributed by atoms with van der Waals surface area (Å²) >= 11 is 12.9. The number of pyridine rings is 1. The average molecular weight is 615 g/mol. The first-order valence-corrected chi connectivity index (χ1v) is 12.9. The van der Waals surface area contributed by atoms with E-state index in [-0.39, 0.29) is 26.6 Å². The standard InChI is InChI=1S/C20H18Br2ClF3N4OS/c1-3-32(4-2)28-19(31)13-10-12(21)11-14(22)17(13)30-16(20(24,25)26)7-9-29(30)18-15(23)6-5-8-27-18/h5-11,16H,3-4H2,1-2H3. The maximum Gasteiger partial charge on any atom is 0.414 e. The van der Waals surface area contributed by atoms with E-state index in [2.05, 4.69) is 41.2 Å². The van der Waals surface area contributed by atoms with Gasteiger partial charge in [0.1, 0.15) is 0 Å². The lowest BCUT2D eigenvalue weighted by molar-refractivity contribution is -0.137. The topological polar surface area (TPSA) is 48.8 Å². The van der Waals surface area contributed by atoms with E-state index in [1.165, 1.54) is 29.5 Å². The fourth-order valence-electron chi connectivity index (χ4n) is 3.13. The predicted molar refractivity (Wildman–Crippen MR) is 130 cm³/mol. The summed E-state index contributed by atoms with van der Waals surface area (Å²) in [6.07, 6.45) is -0.962. The fourth-order valence-corrected chi connectivity index (χ4v) is 5.74. The number of carbonyl (C=O) groups excluding carboxylic acids is 1. The number of carbonyl (C=O) groups is 1. The summed E-state index contributed by atoms with van der Waals surface area (Å²) in [6, 6.07) is 4.12.